The first-order valence-corrected chi connectivity index (χ1v) is 8.62. The molecule has 0 bridgehead atoms. The summed E-state index contributed by atoms with van der Waals surface area (Å²) in [4.78, 5) is 10.4. The molecule has 0 aliphatic rings. The molecule has 134 valence electrons. The molecule has 0 unspecified atom stereocenters. The van der Waals surface area contributed by atoms with Gasteiger partial charge in [0.2, 0.25) is 5.91 Å². The smallest absolute Gasteiger partial charge is 0.326 e. The summed E-state index contributed by atoms with van der Waals surface area (Å²) in [6.07, 6.45) is -4.78. The number of amides is 1. The van der Waals surface area contributed by atoms with E-state index in [1.807, 2.05) is 0 Å². The van der Waals surface area contributed by atoms with E-state index in [4.69, 9.17) is 11.6 Å². The third-order valence-corrected chi connectivity index (χ3v) is 4.72. The number of carbonyl (C=O) groups excluding carboxylic acids is 1. The molecule has 25 heavy (non-hydrogen) atoms. The SMILES string of the molecule is CC(=O)Nc1ccc(NS(=O)(=O)c2ccc(Cl)c(C(F)(F)F)c2)cc1. The topological polar surface area (TPSA) is 75.3 Å². The van der Waals surface area contributed by atoms with Crippen LogP contribution >= 0.6 is 11.6 Å². The van der Waals surface area contributed by atoms with Crippen LogP contribution in [0.4, 0.5) is 24.5 Å². The maximum Gasteiger partial charge on any atom is 0.417 e. The molecular formula is C15H12ClF3N2O3S. The number of hydrogen-bond donors (Lipinski definition) is 2. The Balaban J connectivity index is 2.29. The summed E-state index contributed by atoms with van der Waals surface area (Å²) in [5, 5.41) is 1.91. The molecule has 0 saturated carbocycles. The Labute approximate surface area is 146 Å². The van der Waals surface area contributed by atoms with Crippen molar-refractivity contribution in [2.75, 3.05) is 10.0 Å². The Morgan fingerprint density at radius 1 is 1.04 bits per heavy atom. The molecule has 0 fully saturated rings. The Morgan fingerprint density at radius 3 is 2.12 bits per heavy atom. The summed E-state index contributed by atoms with van der Waals surface area (Å²) < 4.78 is 65.3. The average Bonchev–Trinajstić information content (AvgIpc) is 2.47. The molecular weight excluding hydrogens is 381 g/mol. The Morgan fingerprint density at radius 2 is 1.60 bits per heavy atom. The first-order chi connectivity index (χ1) is 11.5. The lowest BCUT2D eigenvalue weighted by atomic mass is 10.2. The van der Waals surface area contributed by atoms with Gasteiger partial charge in [0.05, 0.1) is 15.5 Å². The lowest BCUT2D eigenvalue weighted by Crippen LogP contribution is -2.15. The Hall–Kier alpha value is -2.26. The second-order valence-corrected chi connectivity index (χ2v) is 7.09. The third-order valence-electron chi connectivity index (χ3n) is 3.01. The molecule has 2 aromatic carbocycles. The zero-order valence-electron chi connectivity index (χ0n) is 12.7. The van der Waals surface area contributed by atoms with E-state index in [2.05, 4.69) is 10.0 Å². The van der Waals surface area contributed by atoms with E-state index < -0.39 is 31.7 Å². The van der Waals surface area contributed by atoms with E-state index >= 15 is 0 Å². The molecule has 0 heterocycles. The van der Waals surface area contributed by atoms with Gasteiger partial charge in [-0.15, -0.1) is 0 Å². The predicted octanol–water partition coefficient (Wildman–Crippen LogP) is 4.12. The van der Waals surface area contributed by atoms with Crippen LogP contribution in [-0.4, -0.2) is 14.3 Å². The minimum Gasteiger partial charge on any atom is -0.326 e. The summed E-state index contributed by atoms with van der Waals surface area (Å²) >= 11 is 5.48. The number of benzene rings is 2. The molecule has 2 rings (SSSR count). The molecule has 0 aliphatic heterocycles. The highest BCUT2D eigenvalue weighted by Crippen LogP contribution is 2.36. The molecule has 0 aromatic heterocycles. The highest BCUT2D eigenvalue weighted by Gasteiger charge is 2.34. The van der Waals surface area contributed by atoms with Crippen LogP contribution in [0.5, 0.6) is 0 Å². The maximum absolute atomic E-state index is 12.9. The number of nitrogens with one attached hydrogen (secondary N) is 2. The highest BCUT2D eigenvalue weighted by molar-refractivity contribution is 7.92. The van der Waals surface area contributed by atoms with Gasteiger partial charge in [-0.1, -0.05) is 11.6 Å². The van der Waals surface area contributed by atoms with Crippen molar-refractivity contribution in [3.8, 4) is 0 Å². The monoisotopic (exact) mass is 392 g/mol. The van der Waals surface area contributed by atoms with Crippen molar-refractivity contribution in [2.24, 2.45) is 0 Å². The fourth-order valence-corrected chi connectivity index (χ4v) is 3.24. The first-order valence-electron chi connectivity index (χ1n) is 6.76. The summed E-state index contributed by atoms with van der Waals surface area (Å²) in [7, 11) is -4.24. The van der Waals surface area contributed by atoms with Gasteiger partial charge < -0.3 is 5.32 Å². The number of sulfonamides is 1. The fraction of sp³-hybridized carbons (Fsp3) is 0.133. The van der Waals surface area contributed by atoms with Crippen molar-refractivity contribution < 1.29 is 26.4 Å². The van der Waals surface area contributed by atoms with Crippen molar-refractivity contribution in [3.63, 3.8) is 0 Å². The Bertz CT molecular complexity index is 897. The quantitative estimate of drug-likeness (QED) is 0.821. The molecule has 10 heteroatoms. The van der Waals surface area contributed by atoms with Gasteiger partial charge in [0.1, 0.15) is 0 Å². The summed E-state index contributed by atoms with van der Waals surface area (Å²) in [5.74, 6) is -0.297. The first kappa shape index (κ1) is 19.1. The molecule has 0 radical (unpaired) electrons. The molecule has 0 aliphatic carbocycles. The molecule has 1 amide bonds. The van der Waals surface area contributed by atoms with Crippen LogP contribution in [0, 0.1) is 0 Å². The van der Waals surface area contributed by atoms with Crippen molar-refractivity contribution in [1.29, 1.82) is 0 Å². The third kappa shape index (κ3) is 4.86. The summed E-state index contributed by atoms with van der Waals surface area (Å²) in [6, 6.07) is 7.94. The van der Waals surface area contributed by atoms with E-state index in [1.54, 1.807) is 0 Å². The van der Waals surface area contributed by atoms with Gasteiger partial charge >= 0.3 is 6.18 Å². The van der Waals surface area contributed by atoms with Crippen LogP contribution in [0.2, 0.25) is 5.02 Å². The second-order valence-electron chi connectivity index (χ2n) is 5.00. The molecule has 2 aromatic rings. The van der Waals surface area contributed by atoms with Crippen LogP contribution in [0.25, 0.3) is 0 Å². The van der Waals surface area contributed by atoms with Crippen molar-refractivity contribution in [1.82, 2.24) is 0 Å². The molecule has 5 nitrogen and oxygen atoms in total. The summed E-state index contributed by atoms with van der Waals surface area (Å²) in [5.41, 5.74) is -0.669. The predicted molar refractivity (Wildman–Crippen MR) is 88.0 cm³/mol. The Kier molecular flexibility index (Phi) is 5.28. The number of hydrogen-bond acceptors (Lipinski definition) is 3. The van der Waals surface area contributed by atoms with Gasteiger partial charge in [0, 0.05) is 18.3 Å². The van der Waals surface area contributed by atoms with E-state index in [0.717, 1.165) is 12.1 Å². The van der Waals surface area contributed by atoms with Crippen LogP contribution in [0.3, 0.4) is 0 Å². The lowest BCUT2D eigenvalue weighted by Gasteiger charge is -2.13. The minimum absolute atomic E-state index is 0.123. The number of rotatable bonds is 4. The van der Waals surface area contributed by atoms with Crippen LogP contribution in [-0.2, 0) is 21.0 Å². The van der Waals surface area contributed by atoms with Crippen LogP contribution < -0.4 is 10.0 Å². The van der Waals surface area contributed by atoms with E-state index in [1.165, 1.54) is 31.2 Å². The number of alkyl halides is 3. The molecule has 0 atom stereocenters. The lowest BCUT2D eigenvalue weighted by molar-refractivity contribution is -0.137. The van der Waals surface area contributed by atoms with Crippen molar-refractivity contribution in [3.05, 3.63) is 53.1 Å². The van der Waals surface area contributed by atoms with E-state index in [0.29, 0.717) is 11.8 Å². The van der Waals surface area contributed by atoms with Gasteiger partial charge in [-0.25, -0.2) is 8.42 Å². The number of carbonyl (C=O) groups is 1. The number of halogens is 4. The van der Waals surface area contributed by atoms with Gasteiger partial charge in [-0.2, -0.15) is 13.2 Å². The maximum atomic E-state index is 12.9. The van der Waals surface area contributed by atoms with Crippen LogP contribution in [0.1, 0.15) is 12.5 Å². The van der Waals surface area contributed by atoms with Gasteiger partial charge in [0.15, 0.2) is 0 Å². The average molecular weight is 393 g/mol. The van der Waals surface area contributed by atoms with Gasteiger partial charge in [-0.3, -0.25) is 9.52 Å². The molecule has 2 N–H and O–H groups in total. The van der Waals surface area contributed by atoms with Gasteiger partial charge in [0.25, 0.3) is 10.0 Å². The van der Waals surface area contributed by atoms with Crippen LogP contribution in [0.15, 0.2) is 47.4 Å². The van der Waals surface area contributed by atoms with Crippen molar-refractivity contribution in [2.45, 2.75) is 18.0 Å². The highest BCUT2D eigenvalue weighted by atomic mass is 35.5. The number of anilines is 2. The zero-order chi connectivity index (χ0) is 18.8. The molecule has 0 saturated heterocycles. The zero-order valence-corrected chi connectivity index (χ0v) is 14.3. The normalized spacial score (nSPS) is 11.9. The van der Waals surface area contributed by atoms with E-state index in [9.17, 15) is 26.4 Å². The minimum atomic E-state index is -4.78. The van der Waals surface area contributed by atoms with Gasteiger partial charge in [-0.05, 0) is 42.5 Å². The fourth-order valence-electron chi connectivity index (χ4n) is 1.93. The van der Waals surface area contributed by atoms with E-state index in [-0.39, 0.29) is 11.6 Å². The summed E-state index contributed by atoms with van der Waals surface area (Å²) in [6.45, 7) is 1.31. The molecule has 0 spiro atoms. The largest absolute Gasteiger partial charge is 0.417 e. The standard InChI is InChI=1S/C15H12ClF3N2O3S/c1-9(22)20-10-2-4-11(5-3-10)21-25(23,24)12-6-7-14(16)13(8-12)15(17,18)19/h2-8,21H,1H3,(H,20,22). The second kappa shape index (κ2) is 6.93. The van der Waals surface area contributed by atoms with Crippen molar-refractivity contribution >= 4 is 38.9 Å².